The molecule has 0 unspecified atom stereocenters. The summed E-state index contributed by atoms with van der Waals surface area (Å²) in [4.78, 5) is 2.57. The minimum Gasteiger partial charge on any atom is -0.497 e. The monoisotopic (exact) mass is 321 g/mol. The van der Waals surface area contributed by atoms with Crippen molar-refractivity contribution in [1.82, 2.24) is 10.2 Å². The minimum atomic E-state index is 0.678. The maximum Gasteiger partial charge on any atom is 0.170 e. The van der Waals surface area contributed by atoms with Crippen LogP contribution in [-0.2, 0) is 0 Å². The van der Waals surface area contributed by atoms with Gasteiger partial charge < -0.3 is 20.3 Å². The fourth-order valence-corrected chi connectivity index (χ4v) is 3.06. The number of hydrogen-bond acceptors (Lipinski definition) is 3. The molecule has 0 aromatic heterocycles. The Hall–Kier alpha value is -1.33. The highest BCUT2D eigenvalue weighted by molar-refractivity contribution is 7.80. The smallest absolute Gasteiger partial charge is 0.170 e. The van der Waals surface area contributed by atoms with E-state index in [1.807, 2.05) is 24.3 Å². The normalized spacial score (nSPS) is 18.7. The molecule has 0 amide bonds. The van der Waals surface area contributed by atoms with Crippen molar-refractivity contribution in [2.24, 2.45) is 5.92 Å². The van der Waals surface area contributed by atoms with Gasteiger partial charge in [-0.3, -0.25) is 0 Å². The Labute approximate surface area is 139 Å². The van der Waals surface area contributed by atoms with E-state index in [0.717, 1.165) is 36.9 Å². The number of likely N-dealkylation sites (tertiary alicyclic amines) is 1. The van der Waals surface area contributed by atoms with Crippen molar-refractivity contribution in [3.63, 3.8) is 0 Å². The molecule has 1 aromatic carbocycles. The zero-order chi connectivity index (χ0) is 15.8. The lowest BCUT2D eigenvalue weighted by atomic mass is 10.0. The predicted octanol–water partition coefficient (Wildman–Crippen LogP) is 3.10. The molecule has 1 aromatic rings. The lowest BCUT2D eigenvalue weighted by molar-refractivity contribution is 0.182. The van der Waals surface area contributed by atoms with Crippen molar-refractivity contribution < 1.29 is 4.74 Å². The highest BCUT2D eigenvalue weighted by Crippen LogP contribution is 2.16. The second-order valence-corrected chi connectivity index (χ2v) is 6.42. The molecule has 2 N–H and O–H groups in total. The molecule has 22 heavy (non-hydrogen) atoms. The minimum absolute atomic E-state index is 0.678. The molecular formula is C17H27N3OS. The molecule has 4 nitrogen and oxygen atoms in total. The molecule has 0 spiro atoms. The molecule has 5 heteroatoms. The van der Waals surface area contributed by atoms with Crippen LogP contribution < -0.4 is 15.4 Å². The lowest BCUT2D eigenvalue weighted by Gasteiger charge is -2.30. The maximum absolute atomic E-state index is 5.32. The highest BCUT2D eigenvalue weighted by Gasteiger charge is 2.15. The van der Waals surface area contributed by atoms with Gasteiger partial charge in [0.1, 0.15) is 5.75 Å². The number of anilines is 1. The largest absolute Gasteiger partial charge is 0.497 e. The van der Waals surface area contributed by atoms with E-state index >= 15 is 0 Å². The van der Waals surface area contributed by atoms with Gasteiger partial charge in [0.2, 0.25) is 0 Å². The van der Waals surface area contributed by atoms with Crippen molar-refractivity contribution >= 4 is 23.0 Å². The Bertz CT molecular complexity index is 463. The van der Waals surface area contributed by atoms with E-state index in [9.17, 15) is 0 Å². The van der Waals surface area contributed by atoms with E-state index in [2.05, 4.69) is 22.5 Å². The van der Waals surface area contributed by atoms with Crippen molar-refractivity contribution in [2.75, 3.05) is 38.6 Å². The average molecular weight is 321 g/mol. The van der Waals surface area contributed by atoms with Crippen LogP contribution in [0, 0.1) is 5.92 Å². The number of piperidine rings is 1. The fraction of sp³-hybridized carbons (Fsp3) is 0.588. The summed E-state index contributed by atoms with van der Waals surface area (Å²) in [5, 5.41) is 7.14. The van der Waals surface area contributed by atoms with Crippen molar-refractivity contribution in [2.45, 2.75) is 26.2 Å². The van der Waals surface area contributed by atoms with Gasteiger partial charge in [-0.1, -0.05) is 6.92 Å². The third kappa shape index (κ3) is 5.81. The molecule has 1 atom stereocenters. The van der Waals surface area contributed by atoms with E-state index in [4.69, 9.17) is 17.0 Å². The zero-order valence-corrected chi connectivity index (χ0v) is 14.4. The van der Waals surface area contributed by atoms with Gasteiger partial charge in [0.05, 0.1) is 7.11 Å². The van der Waals surface area contributed by atoms with Gasteiger partial charge >= 0.3 is 0 Å². The number of rotatable bonds is 6. The predicted molar refractivity (Wildman–Crippen MR) is 96.7 cm³/mol. The van der Waals surface area contributed by atoms with Crippen LogP contribution in [-0.4, -0.2) is 43.3 Å². The molecule has 0 saturated carbocycles. The van der Waals surface area contributed by atoms with Gasteiger partial charge in [0.25, 0.3) is 0 Å². The fourth-order valence-electron chi connectivity index (χ4n) is 2.84. The average Bonchev–Trinajstić information content (AvgIpc) is 2.52. The van der Waals surface area contributed by atoms with Gasteiger partial charge in [-0.25, -0.2) is 0 Å². The van der Waals surface area contributed by atoms with E-state index in [1.165, 1.54) is 25.9 Å². The molecule has 1 aliphatic rings. The lowest BCUT2D eigenvalue weighted by Crippen LogP contribution is -2.37. The van der Waals surface area contributed by atoms with Crippen LogP contribution in [0.5, 0.6) is 5.75 Å². The molecule has 0 bridgehead atoms. The second-order valence-electron chi connectivity index (χ2n) is 6.01. The van der Waals surface area contributed by atoms with Crippen LogP contribution in [0.4, 0.5) is 5.69 Å². The van der Waals surface area contributed by atoms with Gasteiger partial charge in [0, 0.05) is 18.8 Å². The quantitative estimate of drug-likeness (QED) is 0.622. The molecule has 122 valence electrons. The Kier molecular flexibility index (Phi) is 6.93. The maximum atomic E-state index is 5.32. The number of benzene rings is 1. The number of thiocarbonyl (C=S) groups is 1. The summed E-state index contributed by atoms with van der Waals surface area (Å²) in [5.41, 5.74) is 0.975. The van der Waals surface area contributed by atoms with Gasteiger partial charge in [-0.2, -0.15) is 0 Å². The molecular weight excluding hydrogens is 294 g/mol. The Balaban J connectivity index is 1.61. The first kappa shape index (κ1) is 17.0. The van der Waals surface area contributed by atoms with Gasteiger partial charge in [0.15, 0.2) is 5.11 Å². The summed E-state index contributed by atoms with van der Waals surface area (Å²) in [6, 6.07) is 7.76. The highest BCUT2D eigenvalue weighted by atomic mass is 32.1. The SMILES string of the molecule is COc1ccc(NC(=S)NCCCN2CCC[C@H](C)C2)cc1. The van der Waals surface area contributed by atoms with E-state index in [1.54, 1.807) is 7.11 Å². The first-order chi connectivity index (χ1) is 10.7. The van der Waals surface area contributed by atoms with E-state index < -0.39 is 0 Å². The molecule has 1 fully saturated rings. The Morgan fingerprint density at radius 2 is 2.14 bits per heavy atom. The first-order valence-electron chi connectivity index (χ1n) is 8.08. The molecule has 1 aliphatic heterocycles. The van der Waals surface area contributed by atoms with E-state index in [0.29, 0.717) is 5.11 Å². The number of nitrogens with one attached hydrogen (secondary N) is 2. The molecule has 0 aliphatic carbocycles. The van der Waals surface area contributed by atoms with Crippen LogP contribution in [0.2, 0.25) is 0 Å². The van der Waals surface area contributed by atoms with Crippen LogP contribution in [0.25, 0.3) is 0 Å². The Morgan fingerprint density at radius 3 is 2.82 bits per heavy atom. The van der Waals surface area contributed by atoms with Crippen LogP contribution in [0.3, 0.4) is 0 Å². The number of ether oxygens (including phenoxy) is 1. The number of methoxy groups -OCH3 is 1. The Morgan fingerprint density at radius 1 is 1.36 bits per heavy atom. The second kappa shape index (κ2) is 8.96. The van der Waals surface area contributed by atoms with Crippen molar-refractivity contribution in [3.05, 3.63) is 24.3 Å². The molecule has 1 heterocycles. The van der Waals surface area contributed by atoms with Crippen LogP contribution >= 0.6 is 12.2 Å². The van der Waals surface area contributed by atoms with Gasteiger partial charge in [-0.15, -0.1) is 0 Å². The van der Waals surface area contributed by atoms with Crippen molar-refractivity contribution in [1.29, 1.82) is 0 Å². The number of hydrogen-bond donors (Lipinski definition) is 2. The van der Waals surface area contributed by atoms with Crippen LogP contribution in [0.15, 0.2) is 24.3 Å². The topological polar surface area (TPSA) is 36.5 Å². The summed E-state index contributed by atoms with van der Waals surface area (Å²) in [6.45, 7) is 6.90. The summed E-state index contributed by atoms with van der Waals surface area (Å²) in [5.74, 6) is 1.69. The standard InChI is InChI=1S/C17H27N3OS/c1-14-5-3-11-20(13-14)12-4-10-18-17(22)19-15-6-8-16(21-2)9-7-15/h6-9,14H,3-5,10-13H2,1-2H3,(H2,18,19,22)/t14-/m0/s1. The number of nitrogens with zero attached hydrogens (tertiary/aromatic N) is 1. The summed E-state index contributed by atoms with van der Waals surface area (Å²) >= 11 is 5.32. The summed E-state index contributed by atoms with van der Waals surface area (Å²) in [6.07, 6.45) is 3.84. The molecule has 1 saturated heterocycles. The van der Waals surface area contributed by atoms with Crippen LogP contribution in [0.1, 0.15) is 26.2 Å². The molecule has 2 rings (SSSR count). The summed E-state index contributed by atoms with van der Waals surface area (Å²) < 4.78 is 5.14. The van der Waals surface area contributed by atoms with Crippen molar-refractivity contribution in [3.8, 4) is 5.75 Å². The van der Waals surface area contributed by atoms with Gasteiger partial charge in [-0.05, 0) is 74.8 Å². The first-order valence-corrected chi connectivity index (χ1v) is 8.49. The zero-order valence-electron chi connectivity index (χ0n) is 13.6. The third-order valence-electron chi connectivity index (χ3n) is 4.03. The molecule has 0 radical (unpaired) electrons. The summed E-state index contributed by atoms with van der Waals surface area (Å²) in [7, 11) is 1.66. The third-order valence-corrected chi connectivity index (χ3v) is 4.27. The van der Waals surface area contributed by atoms with E-state index in [-0.39, 0.29) is 0 Å².